The van der Waals surface area contributed by atoms with Crippen molar-refractivity contribution in [2.24, 2.45) is 10.9 Å². The molecule has 0 atom stereocenters. The number of carbonyl (C=O) groups excluding carboxylic acids is 2. The lowest BCUT2D eigenvalue weighted by molar-refractivity contribution is 0.101. The van der Waals surface area contributed by atoms with Crippen LogP contribution in [-0.4, -0.2) is 61.0 Å². The highest BCUT2D eigenvalue weighted by Gasteiger charge is 2.16. The minimum Gasteiger partial charge on any atom is -0.409 e. The van der Waals surface area contributed by atoms with Gasteiger partial charge in [0.2, 0.25) is 0 Å². The first-order valence-corrected chi connectivity index (χ1v) is 12.2. The summed E-state index contributed by atoms with van der Waals surface area (Å²) in [5.41, 5.74) is 9.91. The van der Waals surface area contributed by atoms with Crippen LogP contribution in [0, 0.1) is 6.92 Å². The Hall–Kier alpha value is -4.37. The SMILES string of the molecule is Cc1ccc(NC(=O)c2cccc(/C(N)=N/O)c2)c(NC(=O)c2ccc(N3CCCN(C)CC3)cc2)c1. The van der Waals surface area contributed by atoms with Gasteiger partial charge in [0, 0.05) is 42.0 Å². The molecule has 9 heteroatoms. The second-order valence-corrected chi connectivity index (χ2v) is 9.21. The number of hydrogen-bond acceptors (Lipinski definition) is 6. The molecule has 1 fully saturated rings. The largest absolute Gasteiger partial charge is 0.409 e. The maximum Gasteiger partial charge on any atom is 0.255 e. The first-order valence-electron chi connectivity index (χ1n) is 12.2. The summed E-state index contributed by atoms with van der Waals surface area (Å²) in [6.45, 7) is 5.95. The highest BCUT2D eigenvalue weighted by atomic mass is 16.4. The molecule has 5 N–H and O–H groups in total. The van der Waals surface area contributed by atoms with Gasteiger partial charge >= 0.3 is 0 Å². The van der Waals surface area contributed by atoms with Crippen LogP contribution in [0.4, 0.5) is 17.1 Å². The first kappa shape index (κ1) is 25.7. The molecule has 0 bridgehead atoms. The van der Waals surface area contributed by atoms with Crippen molar-refractivity contribution in [3.05, 3.63) is 89.0 Å². The third-order valence-corrected chi connectivity index (χ3v) is 6.41. The second kappa shape index (κ2) is 11.6. The van der Waals surface area contributed by atoms with Crippen LogP contribution in [0.15, 0.2) is 71.9 Å². The van der Waals surface area contributed by atoms with Gasteiger partial charge in [0.1, 0.15) is 0 Å². The monoisotopic (exact) mass is 500 g/mol. The molecule has 1 aliphatic rings. The van der Waals surface area contributed by atoms with Crippen LogP contribution in [0.5, 0.6) is 0 Å². The van der Waals surface area contributed by atoms with Gasteiger partial charge in [-0.3, -0.25) is 9.59 Å². The molecule has 4 rings (SSSR count). The van der Waals surface area contributed by atoms with Crippen LogP contribution in [0.3, 0.4) is 0 Å². The lowest BCUT2D eigenvalue weighted by Gasteiger charge is -2.23. The number of carbonyl (C=O) groups is 2. The molecule has 1 saturated heterocycles. The molecule has 192 valence electrons. The summed E-state index contributed by atoms with van der Waals surface area (Å²) in [6, 6.07) is 19.5. The van der Waals surface area contributed by atoms with E-state index in [0.29, 0.717) is 28.1 Å². The molecule has 1 aliphatic heterocycles. The minimum atomic E-state index is -0.389. The van der Waals surface area contributed by atoms with E-state index in [1.165, 1.54) is 6.07 Å². The molecule has 9 nitrogen and oxygen atoms in total. The van der Waals surface area contributed by atoms with Crippen molar-refractivity contribution in [3.8, 4) is 0 Å². The molecule has 1 heterocycles. The highest BCUT2D eigenvalue weighted by Crippen LogP contribution is 2.25. The zero-order valence-corrected chi connectivity index (χ0v) is 21.1. The Morgan fingerprint density at radius 3 is 2.30 bits per heavy atom. The van der Waals surface area contributed by atoms with Gasteiger partial charge in [-0.15, -0.1) is 0 Å². The van der Waals surface area contributed by atoms with Crippen molar-refractivity contribution >= 4 is 34.7 Å². The number of rotatable bonds is 6. The molecule has 0 radical (unpaired) electrons. The quantitative estimate of drug-likeness (QED) is 0.177. The van der Waals surface area contributed by atoms with Crippen molar-refractivity contribution in [2.75, 3.05) is 48.8 Å². The third kappa shape index (κ3) is 6.45. The van der Waals surface area contributed by atoms with E-state index in [2.05, 4.69) is 32.6 Å². The zero-order valence-electron chi connectivity index (χ0n) is 21.1. The molecule has 0 unspecified atom stereocenters. The number of anilines is 3. The van der Waals surface area contributed by atoms with Crippen LogP contribution in [0.2, 0.25) is 0 Å². The van der Waals surface area contributed by atoms with Crippen molar-refractivity contribution < 1.29 is 14.8 Å². The van der Waals surface area contributed by atoms with Gasteiger partial charge in [-0.25, -0.2) is 0 Å². The first-order chi connectivity index (χ1) is 17.8. The molecule has 0 aromatic heterocycles. The zero-order chi connectivity index (χ0) is 26.4. The van der Waals surface area contributed by atoms with E-state index in [0.717, 1.165) is 43.9 Å². The summed E-state index contributed by atoms with van der Waals surface area (Å²) in [7, 11) is 2.14. The normalized spacial score (nSPS) is 14.6. The number of benzene rings is 3. The molecular formula is C28H32N6O3. The molecule has 3 aromatic carbocycles. The van der Waals surface area contributed by atoms with Crippen LogP contribution < -0.4 is 21.3 Å². The summed E-state index contributed by atoms with van der Waals surface area (Å²) < 4.78 is 0. The van der Waals surface area contributed by atoms with E-state index >= 15 is 0 Å². The number of likely N-dealkylation sites (N-methyl/N-ethyl adjacent to an activating group) is 1. The summed E-state index contributed by atoms with van der Waals surface area (Å²) in [4.78, 5) is 30.7. The summed E-state index contributed by atoms with van der Waals surface area (Å²) in [5, 5.41) is 17.7. The number of oxime groups is 1. The van der Waals surface area contributed by atoms with E-state index < -0.39 is 0 Å². The van der Waals surface area contributed by atoms with Gasteiger partial charge in [0.05, 0.1) is 11.4 Å². The number of hydrogen-bond donors (Lipinski definition) is 4. The van der Waals surface area contributed by atoms with Crippen molar-refractivity contribution in [2.45, 2.75) is 13.3 Å². The van der Waals surface area contributed by atoms with Crippen LogP contribution in [0.25, 0.3) is 0 Å². The maximum absolute atomic E-state index is 13.1. The summed E-state index contributed by atoms with van der Waals surface area (Å²) in [5.74, 6) is -0.747. The van der Waals surface area contributed by atoms with Gasteiger partial charge in [-0.05, 0) is 81.0 Å². The minimum absolute atomic E-state index is 0.0906. The lowest BCUT2D eigenvalue weighted by Crippen LogP contribution is -2.28. The average molecular weight is 501 g/mol. The van der Waals surface area contributed by atoms with Crippen molar-refractivity contribution in [1.82, 2.24) is 4.90 Å². The third-order valence-electron chi connectivity index (χ3n) is 6.41. The van der Waals surface area contributed by atoms with Gasteiger partial charge in [-0.1, -0.05) is 23.4 Å². The summed E-state index contributed by atoms with van der Waals surface area (Å²) >= 11 is 0. The number of nitrogens with one attached hydrogen (secondary N) is 2. The van der Waals surface area contributed by atoms with Crippen molar-refractivity contribution in [3.63, 3.8) is 0 Å². The van der Waals surface area contributed by atoms with Crippen LogP contribution in [0.1, 0.15) is 38.3 Å². The summed E-state index contributed by atoms with van der Waals surface area (Å²) in [6.07, 6.45) is 1.10. The fourth-order valence-corrected chi connectivity index (χ4v) is 4.27. The predicted octanol–water partition coefficient (Wildman–Crippen LogP) is 3.74. The Morgan fingerprint density at radius 2 is 1.54 bits per heavy atom. The van der Waals surface area contributed by atoms with Gasteiger partial charge in [0.25, 0.3) is 11.8 Å². The van der Waals surface area contributed by atoms with E-state index in [1.54, 1.807) is 24.3 Å². The topological polar surface area (TPSA) is 123 Å². The number of aryl methyl sites for hydroxylation is 1. The van der Waals surface area contributed by atoms with Gasteiger partial charge in [0.15, 0.2) is 5.84 Å². The van der Waals surface area contributed by atoms with E-state index in [9.17, 15) is 9.59 Å². The Labute approximate surface area is 216 Å². The fraction of sp³-hybridized carbons (Fsp3) is 0.250. The van der Waals surface area contributed by atoms with E-state index in [1.807, 2.05) is 43.3 Å². The fourth-order valence-electron chi connectivity index (χ4n) is 4.27. The average Bonchev–Trinajstić information content (AvgIpc) is 3.14. The standard InChI is InChI=1S/C28H32N6O3/c1-19-7-12-24(30-28(36)22-6-3-5-21(18-22)26(29)32-37)25(17-19)31-27(35)20-8-10-23(11-9-20)34-14-4-13-33(2)15-16-34/h3,5-12,17-18,37H,4,13-16H2,1-2H3,(H2,29,32)(H,30,36)(H,31,35). The number of amidine groups is 1. The lowest BCUT2D eigenvalue weighted by atomic mass is 10.1. The van der Waals surface area contributed by atoms with Crippen molar-refractivity contribution in [1.29, 1.82) is 0 Å². The van der Waals surface area contributed by atoms with Crippen LogP contribution >= 0.6 is 0 Å². The number of amides is 2. The number of nitrogens with zero attached hydrogens (tertiary/aromatic N) is 3. The number of nitrogens with two attached hydrogens (primary N) is 1. The molecule has 3 aromatic rings. The molecule has 2 amide bonds. The molecule has 0 spiro atoms. The Bertz CT molecular complexity index is 1310. The molecular weight excluding hydrogens is 468 g/mol. The Kier molecular flexibility index (Phi) is 8.05. The van der Waals surface area contributed by atoms with Crippen LogP contribution in [-0.2, 0) is 0 Å². The van der Waals surface area contributed by atoms with E-state index in [-0.39, 0.29) is 17.6 Å². The Balaban J connectivity index is 1.48. The van der Waals surface area contributed by atoms with Gasteiger partial charge in [-0.2, -0.15) is 0 Å². The predicted molar refractivity (Wildman–Crippen MR) is 147 cm³/mol. The molecule has 0 saturated carbocycles. The second-order valence-electron chi connectivity index (χ2n) is 9.21. The molecule has 37 heavy (non-hydrogen) atoms. The molecule has 0 aliphatic carbocycles. The Morgan fingerprint density at radius 1 is 0.838 bits per heavy atom. The smallest absolute Gasteiger partial charge is 0.255 e. The van der Waals surface area contributed by atoms with Gasteiger partial charge < -0.3 is 31.4 Å². The highest BCUT2D eigenvalue weighted by molar-refractivity contribution is 6.11. The van der Waals surface area contributed by atoms with E-state index in [4.69, 9.17) is 10.9 Å². The maximum atomic E-state index is 13.1.